The van der Waals surface area contributed by atoms with Crippen LogP contribution in [0.15, 0.2) is 78.9 Å². The molecular formula is C28H29ClF3N3O4S. The summed E-state index contributed by atoms with van der Waals surface area (Å²) < 4.78 is 66.2. The number of nitrogens with zero attached hydrogens (tertiary/aromatic N) is 2. The molecule has 0 saturated heterocycles. The second kappa shape index (κ2) is 13.2. The van der Waals surface area contributed by atoms with Crippen LogP contribution in [0.5, 0.6) is 0 Å². The normalized spacial score (nSPS) is 12.4. The molecule has 214 valence electrons. The van der Waals surface area contributed by atoms with E-state index in [4.69, 9.17) is 11.6 Å². The maximum Gasteiger partial charge on any atom is 0.416 e. The molecule has 1 N–H and O–H groups in total. The van der Waals surface area contributed by atoms with Crippen LogP contribution in [0.25, 0.3) is 0 Å². The molecule has 3 aromatic rings. The fraction of sp³-hybridized carbons (Fsp3) is 0.286. The molecule has 7 nitrogen and oxygen atoms in total. The monoisotopic (exact) mass is 595 g/mol. The van der Waals surface area contributed by atoms with E-state index in [1.165, 1.54) is 11.0 Å². The predicted molar refractivity (Wildman–Crippen MR) is 148 cm³/mol. The molecule has 1 atom stereocenters. The third-order valence-corrected chi connectivity index (χ3v) is 7.57. The molecule has 3 rings (SSSR count). The minimum absolute atomic E-state index is 0.102. The van der Waals surface area contributed by atoms with Crippen molar-refractivity contribution in [3.8, 4) is 0 Å². The summed E-state index contributed by atoms with van der Waals surface area (Å²) in [6.07, 6.45) is -3.83. The van der Waals surface area contributed by atoms with Gasteiger partial charge in [0, 0.05) is 24.5 Å². The first kappa shape index (κ1) is 31.0. The van der Waals surface area contributed by atoms with Crippen LogP contribution in [-0.2, 0) is 38.8 Å². The fourth-order valence-electron chi connectivity index (χ4n) is 4.11. The number of benzene rings is 3. The number of anilines is 1. The number of sulfonamides is 1. The van der Waals surface area contributed by atoms with Gasteiger partial charge in [-0.05, 0) is 42.3 Å². The zero-order valence-electron chi connectivity index (χ0n) is 21.9. The number of halogens is 4. The van der Waals surface area contributed by atoms with Crippen LogP contribution in [0, 0.1) is 0 Å². The zero-order valence-corrected chi connectivity index (χ0v) is 23.4. The van der Waals surface area contributed by atoms with E-state index >= 15 is 0 Å². The number of amides is 2. The van der Waals surface area contributed by atoms with Crippen molar-refractivity contribution >= 4 is 39.1 Å². The summed E-state index contributed by atoms with van der Waals surface area (Å²) in [6.45, 7) is 1.01. The van der Waals surface area contributed by atoms with Gasteiger partial charge in [0.2, 0.25) is 21.8 Å². The number of likely N-dealkylation sites (N-methyl/N-ethyl adjacent to an activating group) is 1. The van der Waals surface area contributed by atoms with Crippen molar-refractivity contribution in [1.82, 2.24) is 10.2 Å². The number of hydrogen-bond donors (Lipinski definition) is 1. The summed E-state index contributed by atoms with van der Waals surface area (Å²) in [5, 5.41) is 3.04. The average molecular weight is 596 g/mol. The van der Waals surface area contributed by atoms with Gasteiger partial charge in [-0.3, -0.25) is 13.9 Å². The Morgan fingerprint density at radius 2 is 1.62 bits per heavy atom. The van der Waals surface area contributed by atoms with Gasteiger partial charge >= 0.3 is 6.18 Å². The van der Waals surface area contributed by atoms with E-state index in [9.17, 15) is 31.2 Å². The van der Waals surface area contributed by atoms with Gasteiger partial charge in [-0.25, -0.2) is 8.42 Å². The van der Waals surface area contributed by atoms with Crippen molar-refractivity contribution in [3.63, 3.8) is 0 Å². The Balaban J connectivity index is 2.07. The third-order valence-electron chi connectivity index (χ3n) is 6.06. The Morgan fingerprint density at radius 1 is 0.975 bits per heavy atom. The lowest BCUT2D eigenvalue weighted by atomic mass is 10.0. The van der Waals surface area contributed by atoms with Gasteiger partial charge in [-0.15, -0.1) is 0 Å². The third kappa shape index (κ3) is 8.22. The average Bonchev–Trinajstić information content (AvgIpc) is 2.89. The Bertz CT molecular complexity index is 1440. The van der Waals surface area contributed by atoms with E-state index in [0.29, 0.717) is 21.0 Å². The molecule has 0 aliphatic carbocycles. The van der Waals surface area contributed by atoms with E-state index in [-0.39, 0.29) is 25.2 Å². The standard InChI is InChI=1S/C28H29ClF3N3O4S/c1-3-33-27(37)25(16-20-10-5-4-6-11-20)34(18-21-12-7-8-15-24(21)29)26(36)19-35(40(2,38)39)23-14-9-13-22(17-23)28(30,31)32/h4-15,17,25H,3,16,18-19H2,1-2H3,(H,33,37). The van der Waals surface area contributed by atoms with Crippen LogP contribution in [0.1, 0.15) is 23.6 Å². The summed E-state index contributed by atoms with van der Waals surface area (Å²) in [6, 6.07) is 18.3. The minimum Gasteiger partial charge on any atom is -0.355 e. The van der Waals surface area contributed by atoms with Crippen molar-refractivity contribution in [2.45, 2.75) is 32.1 Å². The highest BCUT2D eigenvalue weighted by Crippen LogP contribution is 2.32. The van der Waals surface area contributed by atoms with E-state index in [1.807, 2.05) is 0 Å². The summed E-state index contributed by atoms with van der Waals surface area (Å²) in [7, 11) is -4.21. The smallest absolute Gasteiger partial charge is 0.355 e. The molecule has 0 spiro atoms. The molecule has 0 radical (unpaired) electrons. The number of nitrogens with one attached hydrogen (secondary N) is 1. The Labute approximate surface area is 236 Å². The van der Waals surface area contributed by atoms with Crippen molar-refractivity contribution in [2.75, 3.05) is 23.7 Å². The van der Waals surface area contributed by atoms with Gasteiger partial charge in [-0.2, -0.15) is 13.2 Å². The van der Waals surface area contributed by atoms with Crippen molar-refractivity contribution in [1.29, 1.82) is 0 Å². The number of hydrogen-bond acceptors (Lipinski definition) is 4. The lowest BCUT2D eigenvalue weighted by Crippen LogP contribution is -2.53. The van der Waals surface area contributed by atoms with Crippen LogP contribution >= 0.6 is 11.6 Å². The fourth-order valence-corrected chi connectivity index (χ4v) is 5.14. The van der Waals surface area contributed by atoms with Gasteiger partial charge in [0.05, 0.1) is 17.5 Å². The Hall–Kier alpha value is -3.57. The second-order valence-corrected chi connectivity index (χ2v) is 11.3. The molecule has 1 unspecified atom stereocenters. The van der Waals surface area contributed by atoms with Gasteiger partial charge in [0.25, 0.3) is 0 Å². The highest BCUT2D eigenvalue weighted by Gasteiger charge is 2.35. The quantitative estimate of drug-likeness (QED) is 0.342. The molecule has 0 saturated carbocycles. The predicted octanol–water partition coefficient (Wildman–Crippen LogP) is 4.90. The molecule has 0 aliphatic heterocycles. The summed E-state index contributed by atoms with van der Waals surface area (Å²) >= 11 is 6.36. The van der Waals surface area contributed by atoms with Crippen LogP contribution < -0.4 is 9.62 Å². The summed E-state index contributed by atoms with van der Waals surface area (Å²) in [5.41, 5.74) is -0.150. The Kier molecular flexibility index (Phi) is 10.2. The second-order valence-electron chi connectivity index (χ2n) is 9.03. The van der Waals surface area contributed by atoms with Crippen LogP contribution in [0.4, 0.5) is 18.9 Å². The number of rotatable bonds is 11. The molecular weight excluding hydrogens is 567 g/mol. The number of alkyl halides is 3. The zero-order chi connectivity index (χ0) is 29.5. The molecule has 0 bridgehead atoms. The van der Waals surface area contributed by atoms with Crippen molar-refractivity contribution in [2.24, 2.45) is 0 Å². The summed E-state index contributed by atoms with van der Waals surface area (Å²) in [5.74, 6) is -1.27. The molecule has 2 amide bonds. The first-order chi connectivity index (χ1) is 18.8. The molecule has 0 aromatic heterocycles. The highest BCUT2D eigenvalue weighted by molar-refractivity contribution is 7.92. The lowest BCUT2D eigenvalue weighted by Gasteiger charge is -2.33. The minimum atomic E-state index is -4.72. The molecule has 0 fully saturated rings. The molecule has 12 heteroatoms. The highest BCUT2D eigenvalue weighted by atomic mass is 35.5. The van der Waals surface area contributed by atoms with Crippen LogP contribution in [0.2, 0.25) is 5.02 Å². The van der Waals surface area contributed by atoms with Gasteiger partial charge < -0.3 is 10.2 Å². The van der Waals surface area contributed by atoms with Gasteiger partial charge in [0.15, 0.2) is 0 Å². The molecule has 0 aliphatic rings. The number of carbonyl (C=O) groups excluding carboxylic acids is 2. The maximum absolute atomic E-state index is 13.9. The van der Waals surface area contributed by atoms with E-state index in [0.717, 1.165) is 24.0 Å². The van der Waals surface area contributed by atoms with E-state index in [1.54, 1.807) is 61.5 Å². The lowest BCUT2D eigenvalue weighted by molar-refractivity contribution is -0.140. The first-order valence-electron chi connectivity index (χ1n) is 12.3. The number of carbonyl (C=O) groups is 2. The van der Waals surface area contributed by atoms with Gasteiger partial charge in [0.1, 0.15) is 12.6 Å². The summed E-state index contributed by atoms with van der Waals surface area (Å²) in [4.78, 5) is 28.4. The Morgan fingerprint density at radius 3 is 2.23 bits per heavy atom. The SMILES string of the molecule is CCNC(=O)C(Cc1ccccc1)N(Cc1ccccc1Cl)C(=O)CN(c1cccc(C(F)(F)F)c1)S(C)(=O)=O. The van der Waals surface area contributed by atoms with Crippen molar-refractivity contribution in [3.05, 3.63) is 101 Å². The largest absolute Gasteiger partial charge is 0.416 e. The molecule has 40 heavy (non-hydrogen) atoms. The van der Waals surface area contributed by atoms with E-state index in [2.05, 4.69) is 5.32 Å². The van der Waals surface area contributed by atoms with Crippen LogP contribution in [0.3, 0.4) is 0 Å². The van der Waals surface area contributed by atoms with Gasteiger partial charge in [-0.1, -0.05) is 66.2 Å². The van der Waals surface area contributed by atoms with E-state index < -0.39 is 46.2 Å². The van der Waals surface area contributed by atoms with Crippen molar-refractivity contribution < 1.29 is 31.2 Å². The first-order valence-corrected chi connectivity index (χ1v) is 14.5. The maximum atomic E-state index is 13.9. The van der Waals surface area contributed by atoms with Crippen LogP contribution in [-0.4, -0.2) is 50.5 Å². The molecule has 3 aromatic carbocycles. The topological polar surface area (TPSA) is 86.8 Å². The molecule has 0 heterocycles.